The number of nitrogens with zero attached hydrogens (tertiary/aromatic N) is 1. The number of benzene rings is 2. The Labute approximate surface area is 116 Å². The standard InChI is InChI=1S/C16H15NO3/c1-16(2)14(18)17(20-15(16)19)10-12-8-5-7-11-6-3-4-9-13(11)12/h3-9H,10H2,1-2H3. The molecule has 1 saturated heterocycles. The van der Waals surface area contributed by atoms with E-state index in [0.717, 1.165) is 21.4 Å². The van der Waals surface area contributed by atoms with Gasteiger partial charge in [0.15, 0.2) is 0 Å². The average Bonchev–Trinajstić information content (AvgIpc) is 2.63. The van der Waals surface area contributed by atoms with Crippen molar-refractivity contribution in [1.29, 1.82) is 0 Å². The van der Waals surface area contributed by atoms with Crippen LogP contribution in [0.3, 0.4) is 0 Å². The number of carbonyl (C=O) groups is 2. The van der Waals surface area contributed by atoms with Gasteiger partial charge < -0.3 is 4.84 Å². The summed E-state index contributed by atoms with van der Waals surface area (Å²) in [4.78, 5) is 28.9. The monoisotopic (exact) mass is 269 g/mol. The van der Waals surface area contributed by atoms with Crippen LogP contribution in [-0.4, -0.2) is 16.9 Å². The van der Waals surface area contributed by atoms with Crippen molar-refractivity contribution in [1.82, 2.24) is 5.06 Å². The highest BCUT2D eigenvalue weighted by Crippen LogP contribution is 2.30. The maximum Gasteiger partial charge on any atom is 0.347 e. The Morgan fingerprint density at radius 2 is 1.75 bits per heavy atom. The average molecular weight is 269 g/mol. The maximum atomic E-state index is 12.2. The number of hydroxylamine groups is 2. The molecule has 0 aliphatic carbocycles. The van der Waals surface area contributed by atoms with Gasteiger partial charge in [-0.2, -0.15) is 5.06 Å². The molecule has 0 unspecified atom stereocenters. The second-order valence-corrected chi connectivity index (χ2v) is 5.48. The number of fused-ring (bicyclic) bond motifs is 1. The Morgan fingerprint density at radius 3 is 2.45 bits per heavy atom. The highest BCUT2D eigenvalue weighted by molar-refractivity contribution is 6.05. The quantitative estimate of drug-likeness (QED) is 0.787. The van der Waals surface area contributed by atoms with Gasteiger partial charge in [0.1, 0.15) is 5.41 Å². The fourth-order valence-corrected chi connectivity index (χ4v) is 2.34. The second-order valence-electron chi connectivity index (χ2n) is 5.48. The molecule has 0 atom stereocenters. The largest absolute Gasteiger partial charge is 0.347 e. The van der Waals surface area contributed by atoms with Gasteiger partial charge in [0.05, 0.1) is 6.54 Å². The van der Waals surface area contributed by atoms with Crippen molar-refractivity contribution in [2.45, 2.75) is 20.4 Å². The van der Waals surface area contributed by atoms with Crippen molar-refractivity contribution in [3.05, 3.63) is 48.0 Å². The first kappa shape index (κ1) is 12.7. The number of carbonyl (C=O) groups excluding carboxylic acids is 2. The van der Waals surface area contributed by atoms with Gasteiger partial charge in [0.25, 0.3) is 5.91 Å². The van der Waals surface area contributed by atoms with Gasteiger partial charge in [-0.3, -0.25) is 4.79 Å². The summed E-state index contributed by atoms with van der Waals surface area (Å²) in [5, 5.41) is 3.31. The SMILES string of the molecule is CC1(C)C(=O)ON(Cc2cccc3ccccc23)C1=O. The zero-order chi connectivity index (χ0) is 14.3. The summed E-state index contributed by atoms with van der Waals surface area (Å²) >= 11 is 0. The molecule has 3 rings (SSSR count). The highest BCUT2D eigenvalue weighted by Gasteiger charge is 2.49. The summed E-state index contributed by atoms with van der Waals surface area (Å²) < 4.78 is 0. The lowest BCUT2D eigenvalue weighted by Gasteiger charge is -2.15. The van der Waals surface area contributed by atoms with Gasteiger partial charge in [-0.05, 0) is 30.2 Å². The predicted octanol–water partition coefficient (Wildman–Crippen LogP) is 2.67. The molecule has 1 amide bonds. The van der Waals surface area contributed by atoms with E-state index in [-0.39, 0.29) is 12.5 Å². The molecule has 1 aliphatic rings. The fourth-order valence-electron chi connectivity index (χ4n) is 2.34. The van der Waals surface area contributed by atoms with E-state index in [1.54, 1.807) is 13.8 Å². The molecule has 0 saturated carbocycles. The van der Waals surface area contributed by atoms with Gasteiger partial charge in [0, 0.05) is 0 Å². The smallest absolute Gasteiger partial charge is 0.337 e. The van der Waals surface area contributed by atoms with E-state index < -0.39 is 11.4 Å². The van der Waals surface area contributed by atoms with Crippen molar-refractivity contribution < 1.29 is 14.4 Å². The van der Waals surface area contributed by atoms with Crippen LogP contribution in [0.5, 0.6) is 0 Å². The third kappa shape index (κ3) is 1.84. The molecule has 102 valence electrons. The van der Waals surface area contributed by atoms with Crippen LogP contribution in [0.4, 0.5) is 0 Å². The van der Waals surface area contributed by atoms with Crippen LogP contribution in [0.1, 0.15) is 19.4 Å². The van der Waals surface area contributed by atoms with E-state index >= 15 is 0 Å². The Kier molecular flexibility index (Phi) is 2.74. The molecule has 0 aromatic heterocycles. The summed E-state index contributed by atoms with van der Waals surface area (Å²) in [6.45, 7) is 3.44. The molecule has 1 heterocycles. The molecule has 1 aliphatic heterocycles. The molecular formula is C16H15NO3. The van der Waals surface area contributed by atoms with Crippen molar-refractivity contribution in [2.24, 2.45) is 5.41 Å². The van der Waals surface area contributed by atoms with E-state index in [2.05, 4.69) is 0 Å². The lowest BCUT2D eigenvalue weighted by atomic mass is 9.93. The number of hydrogen-bond acceptors (Lipinski definition) is 3. The lowest BCUT2D eigenvalue weighted by molar-refractivity contribution is -0.180. The first-order valence-electron chi connectivity index (χ1n) is 6.51. The molecular weight excluding hydrogens is 254 g/mol. The zero-order valence-corrected chi connectivity index (χ0v) is 11.4. The molecule has 0 N–H and O–H groups in total. The fraction of sp³-hybridized carbons (Fsp3) is 0.250. The minimum Gasteiger partial charge on any atom is -0.337 e. The number of rotatable bonds is 2. The van der Waals surface area contributed by atoms with Crippen molar-refractivity contribution in [3.63, 3.8) is 0 Å². The molecule has 2 aromatic carbocycles. The lowest BCUT2D eigenvalue weighted by Crippen LogP contribution is -2.31. The molecule has 0 spiro atoms. The maximum absolute atomic E-state index is 12.2. The summed E-state index contributed by atoms with van der Waals surface area (Å²) in [5.74, 6) is -0.793. The molecule has 1 fully saturated rings. The molecule has 2 aromatic rings. The second kappa shape index (κ2) is 4.34. The van der Waals surface area contributed by atoms with Crippen LogP contribution in [0.25, 0.3) is 10.8 Å². The number of hydrogen-bond donors (Lipinski definition) is 0. The molecule has 0 radical (unpaired) electrons. The van der Waals surface area contributed by atoms with Gasteiger partial charge in [0.2, 0.25) is 0 Å². The first-order chi connectivity index (χ1) is 9.50. The topological polar surface area (TPSA) is 46.6 Å². The minimum atomic E-state index is -1.09. The van der Waals surface area contributed by atoms with Crippen molar-refractivity contribution >= 4 is 22.6 Å². The van der Waals surface area contributed by atoms with Gasteiger partial charge >= 0.3 is 5.97 Å². The van der Waals surface area contributed by atoms with E-state index in [1.165, 1.54) is 0 Å². The van der Waals surface area contributed by atoms with Crippen molar-refractivity contribution in [2.75, 3.05) is 0 Å². The van der Waals surface area contributed by atoms with Gasteiger partial charge in [-0.1, -0.05) is 42.5 Å². The van der Waals surface area contributed by atoms with E-state index in [9.17, 15) is 9.59 Å². The summed E-state index contributed by atoms with van der Waals surface area (Å²) in [7, 11) is 0. The van der Waals surface area contributed by atoms with E-state index in [1.807, 2.05) is 42.5 Å². The summed E-state index contributed by atoms with van der Waals surface area (Å²) in [6, 6.07) is 13.8. The summed E-state index contributed by atoms with van der Waals surface area (Å²) in [5.41, 5.74) is -0.133. The van der Waals surface area contributed by atoms with Crippen LogP contribution in [-0.2, 0) is 21.0 Å². The van der Waals surface area contributed by atoms with Crippen molar-refractivity contribution in [3.8, 4) is 0 Å². The Bertz CT molecular complexity index is 700. The summed E-state index contributed by atoms with van der Waals surface area (Å²) in [6.07, 6.45) is 0. The van der Waals surface area contributed by atoms with Crippen LogP contribution >= 0.6 is 0 Å². The van der Waals surface area contributed by atoms with E-state index in [4.69, 9.17) is 4.84 Å². The first-order valence-corrected chi connectivity index (χ1v) is 6.51. The van der Waals surface area contributed by atoms with Gasteiger partial charge in [-0.15, -0.1) is 0 Å². The van der Waals surface area contributed by atoms with Crippen LogP contribution < -0.4 is 0 Å². The molecule has 4 heteroatoms. The molecule has 20 heavy (non-hydrogen) atoms. The molecule has 0 bridgehead atoms. The van der Waals surface area contributed by atoms with Crippen LogP contribution in [0.15, 0.2) is 42.5 Å². The Hall–Kier alpha value is -2.36. The minimum absolute atomic E-state index is 0.273. The van der Waals surface area contributed by atoms with Gasteiger partial charge in [-0.25, -0.2) is 4.79 Å². The number of amides is 1. The van der Waals surface area contributed by atoms with Crippen LogP contribution in [0.2, 0.25) is 0 Å². The zero-order valence-electron chi connectivity index (χ0n) is 11.4. The normalized spacial score (nSPS) is 17.6. The Balaban J connectivity index is 1.95. The third-order valence-corrected chi connectivity index (χ3v) is 3.66. The third-order valence-electron chi connectivity index (χ3n) is 3.66. The van der Waals surface area contributed by atoms with Crippen LogP contribution in [0, 0.1) is 5.41 Å². The Morgan fingerprint density at radius 1 is 1.05 bits per heavy atom. The predicted molar refractivity (Wildman–Crippen MR) is 74.4 cm³/mol. The molecule has 4 nitrogen and oxygen atoms in total. The highest BCUT2D eigenvalue weighted by atomic mass is 16.7. The van der Waals surface area contributed by atoms with E-state index in [0.29, 0.717) is 0 Å².